The minimum absolute atomic E-state index is 0.311. The number of ketones is 1. The van der Waals surface area contributed by atoms with Crippen LogP contribution in [0.5, 0.6) is 0 Å². The third kappa shape index (κ3) is 2.60. The molecule has 15 heavy (non-hydrogen) atoms. The lowest BCUT2D eigenvalue weighted by molar-refractivity contribution is -0.117. The molecule has 2 rings (SSSR count). The maximum atomic E-state index is 11.2. The van der Waals surface area contributed by atoms with E-state index in [4.69, 9.17) is 0 Å². The molecule has 0 heterocycles. The minimum atomic E-state index is 0.311. The molecule has 0 fully saturated rings. The van der Waals surface area contributed by atoms with Crippen LogP contribution in [0.1, 0.15) is 43.2 Å². The van der Waals surface area contributed by atoms with Crippen molar-refractivity contribution in [2.75, 3.05) is 0 Å². The van der Waals surface area contributed by atoms with E-state index >= 15 is 0 Å². The van der Waals surface area contributed by atoms with Crippen LogP contribution in [-0.2, 0) is 11.2 Å². The Morgan fingerprint density at radius 2 is 2.33 bits per heavy atom. The number of Topliss-reactive ketones (excluding diaryl/α,β-unsaturated/α-hetero) is 1. The standard InChI is InChI=1S/C13H15IO/c1-9(15)7-10-3-2-4-11-8-12(14)5-6-13(10)11/h5-6,8,10H,2-4,7H2,1H3/t10-/m0/s1. The van der Waals surface area contributed by atoms with Gasteiger partial charge in [0.25, 0.3) is 0 Å². The van der Waals surface area contributed by atoms with E-state index < -0.39 is 0 Å². The van der Waals surface area contributed by atoms with Crippen LogP contribution in [0.25, 0.3) is 0 Å². The van der Waals surface area contributed by atoms with Gasteiger partial charge in [-0.2, -0.15) is 0 Å². The molecule has 0 saturated heterocycles. The van der Waals surface area contributed by atoms with E-state index in [9.17, 15) is 4.79 Å². The molecule has 2 heteroatoms. The van der Waals surface area contributed by atoms with E-state index in [0.29, 0.717) is 18.1 Å². The first kappa shape index (κ1) is 11.1. The van der Waals surface area contributed by atoms with Gasteiger partial charge in [-0.1, -0.05) is 6.07 Å². The van der Waals surface area contributed by atoms with Crippen molar-refractivity contribution in [1.29, 1.82) is 0 Å². The van der Waals surface area contributed by atoms with Crippen LogP contribution in [0, 0.1) is 3.57 Å². The highest BCUT2D eigenvalue weighted by molar-refractivity contribution is 14.1. The quantitative estimate of drug-likeness (QED) is 0.761. The number of carbonyl (C=O) groups excluding carboxylic acids is 1. The first-order valence-corrected chi connectivity index (χ1v) is 6.52. The lowest BCUT2D eigenvalue weighted by Gasteiger charge is -2.24. The minimum Gasteiger partial charge on any atom is -0.300 e. The molecule has 1 aliphatic rings. The van der Waals surface area contributed by atoms with Crippen molar-refractivity contribution in [2.24, 2.45) is 0 Å². The van der Waals surface area contributed by atoms with Crippen LogP contribution < -0.4 is 0 Å². The van der Waals surface area contributed by atoms with E-state index in [1.165, 1.54) is 34.0 Å². The van der Waals surface area contributed by atoms with Crippen LogP contribution in [0.3, 0.4) is 0 Å². The smallest absolute Gasteiger partial charge is 0.130 e. The third-order valence-electron chi connectivity index (χ3n) is 3.08. The molecule has 0 radical (unpaired) electrons. The number of hydrogen-bond donors (Lipinski definition) is 0. The molecule has 1 atom stereocenters. The number of rotatable bonds is 2. The summed E-state index contributed by atoms with van der Waals surface area (Å²) in [7, 11) is 0. The Bertz CT molecular complexity index is 384. The van der Waals surface area contributed by atoms with Crippen molar-refractivity contribution < 1.29 is 4.79 Å². The molecular weight excluding hydrogens is 299 g/mol. The van der Waals surface area contributed by atoms with Crippen LogP contribution in [0.2, 0.25) is 0 Å². The highest BCUT2D eigenvalue weighted by atomic mass is 127. The molecule has 1 nitrogen and oxygen atoms in total. The van der Waals surface area contributed by atoms with Crippen molar-refractivity contribution in [3.63, 3.8) is 0 Å². The van der Waals surface area contributed by atoms with Gasteiger partial charge in [-0.15, -0.1) is 0 Å². The summed E-state index contributed by atoms with van der Waals surface area (Å²) in [6.45, 7) is 1.70. The Labute approximate surface area is 104 Å². The Morgan fingerprint density at radius 1 is 1.53 bits per heavy atom. The zero-order chi connectivity index (χ0) is 10.8. The van der Waals surface area contributed by atoms with Gasteiger partial charge < -0.3 is 4.79 Å². The number of carbonyl (C=O) groups is 1. The number of benzene rings is 1. The maximum absolute atomic E-state index is 11.2. The molecule has 0 aliphatic heterocycles. The van der Waals surface area contributed by atoms with Gasteiger partial charge in [0.1, 0.15) is 5.78 Å². The number of halogens is 1. The maximum Gasteiger partial charge on any atom is 0.130 e. The molecular formula is C13H15IO. The fraction of sp³-hybridized carbons (Fsp3) is 0.462. The van der Waals surface area contributed by atoms with Crippen molar-refractivity contribution in [2.45, 2.75) is 38.5 Å². The molecule has 0 saturated carbocycles. The van der Waals surface area contributed by atoms with Gasteiger partial charge in [-0.3, -0.25) is 0 Å². The first-order valence-electron chi connectivity index (χ1n) is 5.44. The second kappa shape index (κ2) is 4.64. The highest BCUT2D eigenvalue weighted by Crippen LogP contribution is 2.34. The SMILES string of the molecule is CC(=O)C[C@@H]1CCCc2cc(I)ccc21. The summed E-state index contributed by atoms with van der Waals surface area (Å²) in [6, 6.07) is 6.63. The van der Waals surface area contributed by atoms with Gasteiger partial charge in [0.05, 0.1) is 0 Å². The van der Waals surface area contributed by atoms with Gasteiger partial charge in [-0.25, -0.2) is 0 Å². The Balaban J connectivity index is 2.30. The molecule has 1 aliphatic carbocycles. The fourth-order valence-corrected chi connectivity index (χ4v) is 3.00. The van der Waals surface area contributed by atoms with Gasteiger partial charge >= 0.3 is 0 Å². The molecule has 0 N–H and O–H groups in total. The predicted molar refractivity (Wildman–Crippen MR) is 70.1 cm³/mol. The van der Waals surface area contributed by atoms with E-state index in [-0.39, 0.29) is 0 Å². The van der Waals surface area contributed by atoms with Crippen molar-refractivity contribution in [1.82, 2.24) is 0 Å². The zero-order valence-electron chi connectivity index (χ0n) is 8.92. The second-order valence-corrected chi connectivity index (χ2v) is 5.58. The fourth-order valence-electron chi connectivity index (χ4n) is 2.44. The van der Waals surface area contributed by atoms with Gasteiger partial charge in [0, 0.05) is 9.99 Å². The molecule has 1 aromatic rings. The summed E-state index contributed by atoms with van der Waals surface area (Å²) in [4.78, 5) is 11.2. The van der Waals surface area contributed by atoms with Gasteiger partial charge in [-0.05, 0) is 78.0 Å². The number of fused-ring (bicyclic) bond motifs is 1. The molecule has 0 bridgehead atoms. The topological polar surface area (TPSA) is 17.1 Å². The second-order valence-electron chi connectivity index (χ2n) is 4.34. The summed E-state index contributed by atoms with van der Waals surface area (Å²) in [5.41, 5.74) is 2.87. The van der Waals surface area contributed by atoms with Crippen molar-refractivity contribution in [3.05, 3.63) is 32.9 Å². The number of hydrogen-bond acceptors (Lipinski definition) is 1. The molecule has 0 aromatic heterocycles. The summed E-state index contributed by atoms with van der Waals surface area (Å²) in [5.74, 6) is 0.787. The highest BCUT2D eigenvalue weighted by Gasteiger charge is 2.21. The van der Waals surface area contributed by atoms with E-state index in [0.717, 1.165) is 0 Å². The van der Waals surface area contributed by atoms with E-state index in [1.54, 1.807) is 6.92 Å². The van der Waals surface area contributed by atoms with Gasteiger partial charge in [0.15, 0.2) is 0 Å². The van der Waals surface area contributed by atoms with Crippen LogP contribution >= 0.6 is 22.6 Å². The van der Waals surface area contributed by atoms with Crippen LogP contribution in [0.4, 0.5) is 0 Å². The molecule has 1 aromatic carbocycles. The van der Waals surface area contributed by atoms with Crippen molar-refractivity contribution in [3.8, 4) is 0 Å². The lowest BCUT2D eigenvalue weighted by atomic mass is 9.80. The predicted octanol–water partition coefficient (Wildman–Crippen LogP) is 3.69. The normalized spacial score (nSPS) is 19.7. The Morgan fingerprint density at radius 3 is 3.07 bits per heavy atom. The van der Waals surface area contributed by atoms with Crippen LogP contribution in [-0.4, -0.2) is 5.78 Å². The third-order valence-corrected chi connectivity index (χ3v) is 3.75. The van der Waals surface area contributed by atoms with Crippen LogP contribution in [0.15, 0.2) is 18.2 Å². The number of aryl methyl sites for hydroxylation is 1. The molecule has 0 amide bonds. The lowest BCUT2D eigenvalue weighted by Crippen LogP contribution is -2.12. The molecule has 0 unspecified atom stereocenters. The Kier molecular flexibility index (Phi) is 3.44. The summed E-state index contributed by atoms with van der Waals surface area (Å²) >= 11 is 2.35. The largest absolute Gasteiger partial charge is 0.300 e. The van der Waals surface area contributed by atoms with Gasteiger partial charge in [0.2, 0.25) is 0 Å². The summed E-state index contributed by atoms with van der Waals surface area (Å²) in [5, 5.41) is 0. The molecule has 0 spiro atoms. The Hall–Kier alpha value is -0.380. The van der Waals surface area contributed by atoms with Crippen molar-refractivity contribution >= 4 is 28.4 Å². The van der Waals surface area contributed by atoms with E-state index in [2.05, 4.69) is 40.8 Å². The monoisotopic (exact) mass is 314 g/mol. The first-order chi connectivity index (χ1) is 7.16. The molecule has 80 valence electrons. The zero-order valence-corrected chi connectivity index (χ0v) is 11.1. The average molecular weight is 314 g/mol. The summed E-state index contributed by atoms with van der Waals surface area (Å²) < 4.78 is 1.30. The summed E-state index contributed by atoms with van der Waals surface area (Å²) in [6.07, 6.45) is 4.30. The van der Waals surface area contributed by atoms with E-state index in [1.807, 2.05) is 0 Å². The average Bonchev–Trinajstić information content (AvgIpc) is 2.16.